The van der Waals surface area contributed by atoms with E-state index in [4.69, 9.17) is 4.74 Å². The fourth-order valence-electron chi connectivity index (χ4n) is 8.47. The monoisotopic (exact) mass is 676 g/mol. The molecule has 0 amide bonds. The molecule has 0 bridgehead atoms. The third-order valence-corrected chi connectivity index (χ3v) is 10.8. The summed E-state index contributed by atoms with van der Waals surface area (Å²) in [4.78, 5) is 0. The lowest BCUT2D eigenvalue weighted by Gasteiger charge is -2.26. The molecular weight excluding hydrogens is 645 g/mol. The zero-order chi connectivity index (χ0) is 34.9. The summed E-state index contributed by atoms with van der Waals surface area (Å²) >= 11 is 0. The third kappa shape index (κ3) is 4.54. The van der Waals surface area contributed by atoms with E-state index in [-0.39, 0.29) is 0 Å². The van der Waals surface area contributed by atoms with E-state index in [1.165, 1.54) is 43.6 Å². The fourth-order valence-corrected chi connectivity index (χ4v) is 8.47. The molecule has 11 rings (SSSR count). The standard InChI is InChI=1S/C50H32N2O/c1-7-19-43-37(13-1)38-14-2-8-20-44(38)51(43)35-29-25-33(26-30-35)49(50-41-17-5-11-23-47(41)53-48-24-12-6-18-42(48)50)34-27-31-36(32-28-34)52-45-21-9-3-15-39(45)40-16-4-10-22-46(40)52/h1-32H. The number of para-hydroxylation sites is 6. The van der Waals surface area contributed by atoms with Gasteiger partial charge in [0, 0.05) is 49.6 Å². The lowest BCUT2D eigenvalue weighted by atomic mass is 9.84. The number of hydrogen-bond donors (Lipinski definition) is 0. The molecule has 8 aromatic carbocycles. The number of ether oxygens (including phenoxy) is 1. The Kier molecular flexibility index (Phi) is 6.55. The topological polar surface area (TPSA) is 19.1 Å². The molecule has 2 aromatic heterocycles. The van der Waals surface area contributed by atoms with Crippen LogP contribution < -0.4 is 4.74 Å². The van der Waals surface area contributed by atoms with Crippen LogP contribution in [-0.2, 0) is 0 Å². The molecule has 0 N–H and O–H groups in total. The van der Waals surface area contributed by atoms with Crippen LogP contribution in [0.5, 0.6) is 11.5 Å². The largest absolute Gasteiger partial charge is 0.456 e. The van der Waals surface area contributed by atoms with E-state index < -0.39 is 0 Å². The lowest BCUT2D eigenvalue weighted by Crippen LogP contribution is -2.06. The highest BCUT2D eigenvalue weighted by Crippen LogP contribution is 2.48. The van der Waals surface area contributed by atoms with E-state index in [9.17, 15) is 0 Å². The van der Waals surface area contributed by atoms with Gasteiger partial charge in [-0.05, 0) is 77.4 Å². The van der Waals surface area contributed by atoms with Crippen molar-refractivity contribution in [3.63, 3.8) is 0 Å². The van der Waals surface area contributed by atoms with Crippen LogP contribution in [0.3, 0.4) is 0 Å². The van der Waals surface area contributed by atoms with Crippen LogP contribution in [0.15, 0.2) is 194 Å². The average molecular weight is 677 g/mol. The second-order valence-corrected chi connectivity index (χ2v) is 13.7. The second-order valence-electron chi connectivity index (χ2n) is 13.7. The summed E-state index contributed by atoms with van der Waals surface area (Å²) in [5.41, 5.74) is 13.8. The zero-order valence-electron chi connectivity index (χ0n) is 28.8. The number of hydrogen-bond acceptors (Lipinski definition) is 1. The first-order chi connectivity index (χ1) is 26.3. The van der Waals surface area contributed by atoms with Gasteiger partial charge in [0.05, 0.1) is 22.1 Å². The predicted octanol–water partition coefficient (Wildman–Crippen LogP) is 13.0. The van der Waals surface area contributed by atoms with Gasteiger partial charge in [-0.15, -0.1) is 0 Å². The maximum absolute atomic E-state index is 6.49. The predicted molar refractivity (Wildman–Crippen MR) is 220 cm³/mol. The molecule has 1 aliphatic rings. The van der Waals surface area contributed by atoms with Crippen molar-refractivity contribution in [2.45, 2.75) is 0 Å². The Balaban J connectivity index is 1.13. The molecule has 0 atom stereocenters. The highest BCUT2D eigenvalue weighted by Gasteiger charge is 2.26. The van der Waals surface area contributed by atoms with Gasteiger partial charge in [0.15, 0.2) is 0 Å². The van der Waals surface area contributed by atoms with E-state index in [2.05, 4.69) is 191 Å². The molecular formula is C50H32N2O. The SMILES string of the molecule is c1ccc2c(c1)Oc1ccccc1C2=C(c1ccc(-n2c3ccccc3c3ccccc32)cc1)c1ccc(-n2c3ccccc3c3ccccc32)cc1. The van der Waals surface area contributed by atoms with Gasteiger partial charge in [0.25, 0.3) is 0 Å². The van der Waals surface area contributed by atoms with Crippen LogP contribution in [0.4, 0.5) is 0 Å². The second kappa shape index (κ2) is 11.7. The van der Waals surface area contributed by atoms with Crippen molar-refractivity contribution in [1.82, 2.24) is 9.13 Å². The Hall–Kier alpha value is -7.10. The molecule has 0 saturated carbocycles. The van der Waals surface area contributed by atoms with Crippen LogP contribution in [0.2, 0.25) is 0 Å². The van der Waals surface area contributed by atoms with Gasteiger partial charge in [0.2, 0.25) is 0 Å². The number of benzene rings is 8. The van der Waals surface area contributed by atoms with E-state index in [1.807, 2.05) is 12.1 Å². The molecule has 0 fully saturated rings. The Morgan fingerprint density at radius 2 is 0.642 bits per heavy atom. The summed E-state index contributed by atoms with van der Waals surface area (Å²) in [5.74, 6) is 1.73. The summed E-state index contributed by atoms with van der Waals surface area (Å²) in [6.07, 6.45) is 0. The first-order valence-electron chi connectivity index (χ1n) is 18.1. The number of aromatic nitrogens is 2. The fraction of sp³-hybridized carbons (Fsp3) is 0. The maximum Gasteiger partial charge on any atom is 0.135 e. The molecule has 0 radical (unpaired) electrons. The lowest BCUT2D eigenvalue weighted by molar-refractivity contribution is 0.474. The van der Waals surface area contributed by atoms with E-state index in [0.29, 0.717) is 0 Å². The number of fused-ring (bicyclic) bond motifs is 8. The van der Waals surface area contributed by atoms with E-state index >= 15 is 0 Å². The summed E-state index contributed by atoms with van der Waals surface area (Å²) < 4.78 is 11.2. The van der Waals surface area contributed by atoms with Crippen LogP contribution in [-0.4, -0.2) is 9.13 Å². The molecule has 1 aliphatic heterocycles. The molecule has 248 valence electrons. The highest BCUT2D eigenvalue weighted by atomic mass is 16.5. The van der Waals surface area contributed by atoms with Gasteiger partial charge in [-0.3, -0.25) is 0 Å². The van der Waals surface area contributed by atoms with E-state index in [0.717, 1.165) is 56.3 Å². The van der Waals surface area contributed by atoms with E-state index in [1.54, 1.807) is 0 Å². The number of nitrogens with zero attached hydrogens (tertiary/aromatic N) is 2. The Morgan fingerprint density at radius 3 is 1.02 bits per heavy atom. The summed E-state index contributed by atoms with van der Waals surface area (Å²) in [6.45, 7) is 0. The zero-order valence-corrected chi connectivity index (χ0v) is 28.8. The van der Waals surface area contributed by atoms with Gasteiger partial charge in [-0.2, -0.15) is 0 Å². The smallest absolute Gasteiger partial charge is 0.135 e. The van der Waals surface area contributed by atoms with Crippen molar-refractivity contribution in [1.29, 1.82) is 0 Å². The Labute approximate surface area is 306 Å². The molecule has 3 nitrogen and oxygen atoms in total. The van der Waals surface area contributed by atoms with Crippen molar-refractivity contribution in [3.05, 3.63) is 216 Å². The Morgan fingerprint density at radius 1 is 0.321 bits per heavy atom. The minimum absolute atomic E-state index is 0.863. The molecule has 0 aliphatic carbocycles. The van der Waals surface area contributed by atoms with Crippen molar-refractivity contribution >= 4 is 54.8 Å². The normalized spacial score (nSPS) is 12.3. The van der Waals surface area contributed by atoms with Crippen LogP contribution in [0.25, 0.3) is 66.1 Å². The van der Waals surface area contributed by atoms with Gasteiger partial charge in [0.1, 0.15) is 11.5 Å². The first-order valence-corrected chi connectivity index (χ1v) is 18.1. The average Bonchev–Trinajstić information content (AvgIpc) is 3.74. The van der Waals surface area contributed by atoms with Crippen molar-refractivity contribution in [3.8, 4) is 22.9 Å². The van der Waals surface area contributed by atoms with Crippen LogP contribution in [0, 0.1) is 0 Å². The minimum Gasteiger partial charge on any atom is -0.456 e. The quantitative estimate of drug-likeness (QED) is 0.182. The van der Waals surface area contributed by atoms with Crippen molar-refractivity contribution in [2.24, 2.45) is 0 Å². The van der Waals surface area contributed by atoms with Gasteiger partial charge < -0.3 is 13.9 Å². The Bertz CT molecular complexity index is 2750. The van der Waals surface area contributed by atoms with Gasteiger partial charge in [-0.25, -0.2) is 0 Å². The highest BCUT2D eigenvalue weighted by molar-refractivity contribution is 6.11. The van der Waals surface area contributed by atoms with Crippen LogP contribution >= 0.6 is 0 Å². The van der Waals surface area contributed by atoms with Gasteiger partial charge in [-0.1, -0.05) is 133 Å². The molecule has 0 saturated heterocycles. The molecule has 3 heteroatoms. The third-order valence-electron chi connectivity index (χ3n) is 10.8. The summed E-state index contributed by atoms with van der Waals surface area (Å²) in [7, 11) is 0. The summed E-state index contributed by atoms with van der Waals surface area (Å²) in [6, 6.07) is 69.7. The molecule has 0 spiro atoms. The van der Waals surface area contributed by atoms with Crippen LogP contribution in [0.1, 0.15) is 22.3 Å². The van der Waals surface area contributed by atoms with Crippen molar-refractivity contribution in [2.75, 3.05) is 0 Å². The van der Waals surface area contributed by atoms with Crippen molar-refractivity contribution < 1.29 is 4.74 Å². The minimum atomic E-state index is 0.863. The molecule has 0 unspecified atom stereocenters. The van der Waals surface area contributed by atoms with Gasteiger partial charge >= 0.3 is 0 Å². The molecule has 10 aromatic rings. The first kappa shape index (κ1) is 29.6. The molecule has 3 heterocycles. The molecule has 53 heavy (non-hydrogen) atoms. The maximum atomic E-state index is 6.49. The summed E-state index contributed by atoms with van der Waals surface area (Å²) in [5, 5.41) is 5.03. The number of rotatable bonds is 4.